The zero-order valence-electron chi connectivity index (χ0n) is 17.2. The molecule has 1 N–H and O–H groups in total. The van der Waals surface area contributed by atoms with Crippen LogP contribution < -0.4 is 10.1 Å². The van der Waals surface area contributed by atoms with Crippen molar-refractivity contribution in [1.29, 1.82) is 0 Å². The zero-order valence-corrected chi connectivity index (χ0v) is 17.2. The van der Waals surface area contributed by atoms with Crippen molar-refractivity contribution in [2.45, 2.75) is 37.9 Å². The fraction of sp³-hybridized carbons (Fsp3) is 0.273. The SMILES string of the molecule is C[C@@H](n1cnnc1-c1cccc(N[n+]2ccc(-n3cnc(C4CC4)c3)cc2)c1)C(F)(F)F. The first-order chi connectivity index (χ1) is 15.4. The standard InChI is InChI=1S/C22H21F3N7/c1-15(22(23,24)25)32-14-27-28-21(32)17-3-2-4-18(11-17)29-31-9-7-19(8-10-31)30-12-20(26-13-30)16-5-6-16/h2-4,7-16,29H,5-6H2,1H3/q+1/t15-/m1/s1. The van der Waals surface area contributed by atoms with E-state index in [4.69, 9.17) is 0 Å². The van der Waals surface area contributed by atoms with E-state index in [9.17, 15) is 13.2 Å². The molecule has 5 rings (SSSR count). The summed E-state index contributed by atoms with van der Waals surface area (Å²) in [4.78, 5) is 4.47. The van der Waals surface area contributed by atoms with E-state index in [0.29, 0.717) is 17.2 Å². The molecule has 4 aromatic rings. The second kappa shape index (κ2) is 7.77. The fourth-order valence-corrected chi connectivity index (χ4v) is 3.50. The molecule has 0 unspecified atom stereocenters. The first-order valence-corrected chi connectivity index (χ1v) is 10.3. The zero-order chi connectivity index (χ0) is 22.3. The minimum Gasteiger partial charge on any atom is -0.306 e. The number of rotatable bonds is 6. The van der Waals surface area contributed by atoms with Crippen molar-refractivity contribution >= 4 is 5.69 Å². The molecule has 1 aromatic carbocycles. The van der Waals surface area contributed by atoms with Crippen molar-refractivity contribution in [3.63, 3.8) is 0 Å². The maximum Gasteiger partial charge on any atom is 0.408 e. The van der Waals surface area contributed by atoms with Gasteiger partial charge in [-0.3, -0.25) is 0 Å². The third-order valence-electron chi connectivity index (χ3n) is 5.55. The summed E-state index contributed by atoms with van der Waals surface area (Å²) in [5.41, 5.74) is 6.57. The molecule has 1 saturated carbocycles. The molecular formula is C22H21F3N7+. The summed E-state index contributed by atoms with van der Waals surface area (Å²) in [6.07, 6.45) is 6.75. The van der Waals surface area contributed by atoms with E-state index in [0.717, 1.165) is 29.2 Å². The lowest BCUT2D eigenvalue weighted by molar-refractivity contribution is -0.642. The third-order valence-corrected chi connectivity index (χ3v) is 5.55. The number of nitrogens with zero attached hydrogens (tertiary/aromatic N) is 6. The van der Waals surface area contributed by atoms with Gasteiger partial charge in [-0.1, -0.05) is 16.8 Å². The van der Waals surface area contributed by atoms with E-state index in [1.54, 1.807) is 22.9 Å². The van der Waals surface area contributed by atoms with Gasteiger partial charge in [0.25, 0.3) is 0 Å². The maximum atomic E-state index is 13.2. The Morgan fingerprint density at radius 3 is 2.62 bits per heavy atom. The number of hydrogen-bond acceptors (Lipinski definition) is 4. The minimum atomic E-state index is -4.39. The number of halogens is 3. The van der Waals surface area contributed by atoms with Crippen LogP contribution in [0.4, 0.5) is 18.9 Å². The van der Waals surface area contributed by atoms with E-state index in [1.807, 2.05) is 41.5 Å². The summed E-state index contributed by atoms with van der Waals surface area (Å²) in [7, 11) is 0. The molecule has 32 heavy (non-hydrogen) atoms. The van der Waals surface area contributed by atoms with Crippen molar-refractivity contribution < 1.29 is 17.8 Å². The lowest BCUT2D eigenvalue weighted by Crippen LogP contribution is -2.41. The van der Waals surface area contributed by atoms with Crippen LogP contribution in [0.25, 0.3) is 17.1 Å². The Labute approximate surface area is 182 Å². The summed E-state index contributed by atoms with van der Waals surface area (Å²) in [5, 5.41) is 7.58. The number of pyridine rings is 1. The molecule has 1 aliphatic rings. The predicted octanol–water partition coefficient (Wildman–Crippen LogP) is 4.29. The van der Waals surface area contributed by atoms with Gasteiger partial charge >= 0.3 is 6.18 Å². The van der Waals surface area contributed by atoms with Crippen molar-refractivity contribution in [3.05, 3.63) is 73.3 Å². The summed E-state index contributed by atoms with van der Waals surface area (Å²) >= 11 is 0. The number of anilines is 1. The Morgan fingerprint density at radius 1 is 1.12 bits per heavy atom. The fourth-order valence-electron chi connectivity index (χ4n) is 3.50. The number of nitrogens with one attached hydrogen (secondary N) is 1. The summed E-state index contributed by atoms with van der Waals surface area (Å²) in [5.74, 6) is 0.758. The van der Waals surface area contributed by atoms with Gasteiger partial charge < -0.3 is 9.13 Å². The average Bonchev–Trinajstić information content (AvgIpc) is 3.31. The quantitative estimate of drug-likeness (QED) is 0.454. The molecule has 7 nitrogen and oxygen atoms in total. The molecule has 0 radical (unpaired) electrons. The predicted molar refractivity (Wildman–Crippen MR) is 111 cm³/mol. The molecular weight excluding hydrogens is 419 g/mol. The summed E-state index contributed by atoms with van der Waals surface area (Å²) < 4.78 is 44.3. The average molecular weight is 440 g/mol. The maximum absolute atomic E-state index is 13.2. The Bertz CT molecular complexity index is 1220. The Balaban J connectivity index is 1.34. The van der Waals surface area contributed by atoms with Crippen LogP contribution in [-0.4, -0.2) is 30.5 Å². The van der Waals surface area contributed by atoms with Crippen molar-refractivity contribution in [3.8, 4) is 17.1 Å². The molecule has 3 heterocycles. The number of benzene rings is 1. The highest BCUT2D eigenvalue weighted by Gasteiger charge is 2.38. The molecule has 0 amide bonds. The Kier molecular flexibility index (Phi) is 4.91. The number of aromatic nitrogens is 6. The van der Waals surface area contributed by atoms with E-state index in [2.05, 4.69) is 26.8 Å². The van der Waals surface area contributed by atoms with Crippen LogP contribution in [0.3, 0.4) is 0 Å². The third kappa shape index (κ3) is 4.08. The van der Waals surface area contributed by atoms with Gasteiger partial charge in [0.05, 0.1) is 23.4 Å². The van der Waals surface area contributed by atoms with E-state index in [-0.39, 0.29) is 5.82 Å². The Morgan fingerprint density at radius 2 is 1.91 bits per heavy atom. The number of hydrogen-bond donors (Lipinski definition) is 1. The van der Waals surface area contributed by atoms with E-state index >= 15 is 0 Å². The molecule has 10 heteroatoms. The highest BCUT2D eigenvalue weighted by Crippen LogP contribution is 2.39. The first kappa shape index (κ1) is 20.2. The second-order valence-electron chi connectivity index (χ2n) is 7.92. The van der Waals surface area contributed by atoms with Crippen LogP contribution in [0.15, 0.2) is 67.6 Å². The van der Waals surface area contributed by atoms with Gasteiger partial charge in [0.1, 0.15) is 12.4 Å². The molecule has 0 spiro atoms. The van der Waals surface area contributed by atoms with E-state index in [1.165, 1.54) is 12.8 Å². The highest BCUT2D eigenvalue weighted by molar-refractivity contribution is 5.62. The molecule has 164 valence electrons. The molecule has 0 bridgehead atoms. The topological polar surface area (TPSA) is 64.4 Å². The molecule has 0 saturated heterocycles. The van der Waals surface area contributed by atoms with Crippen LogP contribution >= 0.6 is 0 Å². The molecule has 3 aromatic heterocycles. The largest absolute Gasteiger partial charge is 0.408 e. The molecule has 1 atom stereocenters. The van der Waals surface area contributed by atoms with Gasteiger partial charge in [-0.2, -0.15) is 18.6 Å². The number of alkyl halides is 3. The lowest BCUT2D eigenvalue weighted by Gasteiger charge is -2.18. The normalized spacial score (nSPS) is 15.0. The number of imidazole rings is 1. The monoisotopic (exact) mass is 440 g/mol. The van der Waals surface area contributed by atoms with Gasteiger partial charge in [-0.15, -0.1) is 10.2 Å². The van der Waals surface area contributed by atoms with Crippen LogP contribution in [0.2, 0.25) is 0 Å². The van der Waals surface area contributed by atoms with Crippen LogP contribution in [-0.2, 0) is 0 Å². The second-order valence-corrected chi connectivity index (χ2v) is 7.92. The summed E-state index contributed by atoms with van der Waals surface area (Å²) in [6, 6.07) is 9.22. The first-order valence-electron chi connectivity index (χ1n) is 10.3. The van der Waals surface area contributed by atoms with E-state index < -0.39 is 12.2 Å². The summed E-state index contributed by atoms with van der Waals surface area (Å²) in [6.45, 7) is 1.08. The molecule has 1 aliphatic carbocycles. The van der Waals surface area contributed by atoms with Gasteiger partial charge in [-0.05, 0) is 31.9 Å². The van der Waals surface area contributed by atoms with Crippen molar-refractivity contribution in [2.75, 3.05) is 5.43 Å². The Hall–Kier alpha value is -3.69. The minimum absolute atomic E-state index is 0.158. The highest BCUT2D eigenvalue weighted by atomic mass is 19.4. The van der Waals surface area contributed by atoms with Crippen LogP contribution in [0.5, 0.6) is 0 Å². The van der Waals surface area contributed by atoms with Crippen LogP contribution in [0.1, 0.15) is 37.4 Å². The molecule has 1 fully saturated rings. The lowest BCUT2D eigenvalue weighted by atomic mass is 10.2. The van der Waals surface area contributed by atoms with Crippen LogP contribution in [0, 0.1) is 0 Å². The van der Waals surface area contributed by atoms with Gasteiger partial charge in [0, 0.05) is 29.8 Å². The van der Waals surface area contributed by atoms with Gasteiger partial charge in [-0.25, -0.2) is 4.98 Å². The smallest absolute Gasteiger partial charge is 0.306 e. The van der Waals surface area contributed by atoms with Gasteiger partial charge in [0.2, 0.25) is 12.4 Å². The van der Waals surface area contributed by atoms with Crippen molar-refractivity contribution in [1.82, 2.24) is 24.3 Å². The molecule has 0 aliphatic heterocycles. The van der Waals surface area contributed by atoms with Gasteiger partial charge in [0.15, 0.2) is 5.82 Å². The van der Waals surface area contributed by atoms with Crippen molar-refractivity contribution in [2.24, 2.45) is 0 Å².